The van der Waals surface area contributed by atoms with Crippen LogP contribution in [0.5, 0.6) is 0 Å². The van der Waals surface area contributed by atoms with Crippen LogP contribution < -0.4 is 0 Å². The molecular formula is C5H4ClN5S2. The third-order valence-corrected chi connectivity index (χ3v) is 3.26. The maximum Gasteiger partial charge on any atom is 0.207 e. The molecule has 0 aliphatic carbocycles. The van der Waals surface area contributed by atoms with Crippen LogP contribution in [-0.2, 0) is 5.75 Å². The summed E-state index contributed by atoms with van der Waals surface area (Å²) >= 11 is 8.50. The van der Waals surface area contributed by atoms with E-state index in [9.17, 15) is 0 Å². The average Bonchev–Trinajstić information content (AvgIpc) is 2.71. The second-order valence-corrected chi connectivity index (χ2v) is 4.64. The average molecular weight is 234 g/mol. The molecule has 8 heteroatoms. The number of nitrogens with one attached hydrogen (secondary N) is 1. The van der Waals surface area contributed by atoms with E-state index in [0.29, 0.717) is 10.2 Å². The van der Waals surface area contributed by atoms with Gasteiger partial charge in [-0.05, 0) is 11.6 Å². The van der Waals surface area contributed by atoms with Crippen molar-refractivity contribution < 1.29 is 0 Å². The Bertz CT molecular complexity index is 372. The smallest absolute Gasteiger partial charge is 0.207 e. The first-order valence-electron chi connectivity index (χ1n) is 3.30. The molecule has 0 unspecified atom stereocenters. The highest BCUT2D eigenvalue weighted by Gasteiger charge is 2.03. The van der Waals surface area contributed by atoms with Crippen LogP contribution in [0.1, 0.15) is 5.01 Å². The maximum absolute atomic E-state index is 5.62. The molecule has 0 spiro atoms. The number of hydrogen-bond acceptors (Lipinski definition) is 6. The van der Waals surface area contributed by atoms with Gasteiger partial charge in [0.1, 0.15) is 11.3 Å². The highest BCUT2D eigenvalue weighted by atomic mass is 35.5. The van der Waals surface area contributed by atoms with Gasteiger partial charge in [0, 0.05) is 0 Å². The number of nitrogens with zero attached hydrogens (tertiary/aromatic N) is 4. The van der Waals surface area contributed by atoms with Crippen molar-refractivity contribution in [1.29, 1.82) is 0 Å². The first-order chi connectivity index (χ1) is 6.34. The second-order valence-electron chi connectivity index (χ2n) is 2.03. The Hall–Kier alpha value is -0.660. The van der Waals surface area contributed by atoms with E-state index in [-0.39, 0.29) is 0 Å². The predicted octanol–water partition coefficient (Wildman–Crippen LogP) is 1.60. The summed E-state index contributed by atoms with van der Waals surface area (Å²) in [4.78, 5) is 3.96. The monoisotopic (exact) mass is 233 g/mol. The molecule has 0 atom stereocenters. The SMILES string of the molecule is Clc1nnc(CSc2ncn[nH]2)s1. The zero-order chi connectivity index (χ0) is 9.10. The fourth-order valence-electron chi connectivity index (χ4n) is 0.685. The molecule has 0 saturated carbocycles. The summed E-state index contributed by atoms with van der Waals surface area (Å²) in [6.45, 7) is 0. The predicted molar refractivity (Wildman–Crippen MR) is 50.9 cm³/mol. The summed E-state index contributed by atoms with van der Waals surface area (Å²) < 4.78 is 0.466. The van der Waals surface area contributed by atoms with Crippen molar-refractivity contribution in [3.8, 4) is 0 Å². The van der Waals surface area contributed by atoms with Gasteiger partial charge in [0.15, 0.2) is 5.16 Å². The topological polar surface area (TPSA) is 67.3 Å². The van der Waals surface area contributed by atoms with E-state index in [4.69, 9.17) is 11.6 Å². The van der Waals surface area contributed by atoms with Crippen LogP contribution in [0.4, 0.5) is 0 Å². The lowest BCUT2D eigenvalue weighted by Crippen LogP contribution is -1.80. The molecule has 0 aliphatic rings. The number of H-pyrrole nitrogens is 1. The number of rotatable bonds is 3. The van der Waals surface area contributed by atoms with E-state index in [2.05, 4.69) is 25.4 Å². The molecule has 0 amide bonds. The van der Waals surface area contributed by atoms with Crippen LogP contribution in [-0.4, -0.2) is 25.4 Å². The maximum atomic E-state index is 5.62. The van der Waals surface area contributed by atoms with Gasteiger partial charge in [-0.15, -0.1) is 10.2 Å². The van der Waals surface area contributed by atoms with Crippen molar-refractivity contribution in [1.82, 2.24) is 25.4 Å². The van der Waals surface area contributed by atoms with Gasteiger partial charge in [0.25, 0.3) is 0 Å². The fraction of sp³-hybridized carbons (Fsp3) is 0.200. The Labute approximate surface area is 86.9 Å². The number of thioether (sulfide) groups is 1. The standard InChI is InChI=1S/C5H4ClN5S2/c6-4-10-9-3(13-4)1-12-5-7-2-8-11-5/h2H,1H2,(H,7,8,11). The summed E-state index contributed by atoms with van der Waals surface area (Å²) in [6, 6.07) is 0. The molecule has 0 saturated heterocycles. The minimum absolute atomic E-state index is 0.466. The van der Waals surface area contributed by atoms with Gasteiger partial charge in [-0.25, -0.2) is 4.98 Å². The lowest BCUT2D eigenvalue weighted by Gasteiger charge is -1.89. The molecule has 0 aromatic carbocycles. The molecule has 2 rings (SSSR count). The molecule has 1 N–H and O–H groups in total. The second kappa shape index (κ2) is 4.03. The van der Waals surface area contributed by atoms with Gasteiger partial charge in [0.05, 0.1) is 5.75 Å². The van der Waals surface area contributed by atoms with Crippen molar-refractivity contribution in [2.75, 3.05) is 0 Å². The zero-order valence-corrected chi connectivity index (χ0v) is 8.66. The minimum atomic E-state index is 0.466. The van der Waals surface area contributed by atoms with Crippen molar-refractivity contribution in [2.45, 2.75) is 10.9 Å². The molecule has 2 aromatic rings. The molecule has 0 aliphatic heterocycles. The molecule has 68 valence electrons. The van der Waals surface area contributed by atoms with E-state index >= 15 is 0 Å². The molecular weight excluding hydrogens is 230 g/mol. The largest absolute Gasteiger partial charge is 0.254 e. The quantitative estimate of drug-likeness (QED) is 0.816. The van der Waals surface area contributed by atoms with E-state index < -0.39 is 0 Å². The Kier molecular flexibility index (Phi) is 2.77. The van der Waals surface area contributed by atoms with Crippen molar-refractivity contribution >= 4 is 34.7 Å². The van der Waals surface area contributed by atoms with Gasteiger partial charge < -0.3 is 0 Å². The van der Waals surface area contributed by atoms with Crippen LogP contribution in [0.3, 0.4) is 0 Å². The molecule has 2 aromatic heterocycles. The van der Waals surface area contributed by atoms with Crippen LogP contribution >= 0.6 is 34.7 Å². The molecule has 13 heavy (non-hydrogen) atoms. The zero-order valence-electron chi connectivity index (χ0n) is 6.27. The number of aromatic amines is 1. The summed E-state index contributed by atoms with van der Waals surface area (Å²) in [7, 11) is 0. The number of hydrogen-bond donors (Lipinski definition) is 1. The summed E-state index contributed by atoms with van der Waals surface area (Å²) in [5.74, 6) is 0.708. The van der Waals surface area contributed by atoms with Gasteiger partial charge in [0.2, 0.25) is 4.47 Å². The molecule has 5 nitrogen and oxygen atoms in total. The summed E-state index contributed by atoms with van der Waals surface area (Å²) in [5.41, 5.74) is 0. The van der Waals surface area contributed by atoms with E-state index in [1.807, 2.05) is 0 Å². The normalized spacial score (nSPS) is 10.5. The van der Waals surface area contributed by atoms with Crippen LogP contribution in [0.25, 0.3) is 0 Å². The van der Waals surface area contributed by atoms with E-state index in [0.717, 1.165) is 10.2 Å². The third kappa shape index (κ3) is 2.39. The van der Waals surface area contributed by atoms with E-state index in [1.54, 1.807) is 0 Å². The Morgan fingerprint density at radius 1 is 1.54 bits per heavy atom. The number of halogens is 1. The number of aromatic nitrogens is 5. The Morgan fingerprint density at radius 2 is 2.46 bits per heavy atom. The van der Waals surface area contributed by atoms with Crippen LogP contribution in [0.2, 0.25) is 4.47 Å². The molecule has 0 radical (unpaired) electrons. The lowest BCUT2D eigenvalue weighted by atomic mass is 10.9. The first kappa shape index (κ1) is 8.92. The molecule has 0 fully saturated rings. The fourth-order valence-corrected chi connectivity index (χ4v) is 2.32. The van der Waals surface area contributed by atoms with Crippen LogP contribution in [0.15, 0.2) is 11.5 Å². The first-order valence-corrected chi connectivity index (χ1v) is 5.48. The van der Waals surface area contributed by atoms with Crippen molar-refractivity contribution in [3.05, 3.63) is 15.8 Å². The summed E-state index contributed by atoms with van der Waals surface area (Å²) in [5, 5.41) is 15.7. The highest BCUT2D eigenvalue weighted by molar-refractivity contribution is 7.98. The Morgan fingerprint density at radius 3 is 3.08 bits per heavy atom. The Balaban J connectivity index is 1.93. The lowest BCUT2D eigenvalue weighted by molar-refractivity contribution is 0.969. The highest BCUT2D eigenvalue weighted by Crippen LogP contribution is 2.22. The van der Waals surface area contributed by atoms with Crippen molar-refractivity contribution in [3.63, 3.8) is 0 Å². The summed E-state index contributed by atoms with van der Waals surface area (Å²) in [6.07, 6.45) is 1.47. The van der Waals surface area contributed by atoms with Crippen molar-refractivity contribution in [2.24, 2.45) is 0 Å². The van der Waals surface area contributed by atoms with Gasteiger partial charge >= 0.3 is 0 Å². The van der Waals surface area contributed by atoms with Gasteiger partial charge in [-0.2, -0.15) is 5.10 Å². The van der Waals surface area contributed by atoms with Gasteiger partial charge in [-0.3, -0.25) is 5.10 Å². The molecule has 2 heterocycles. The van der Waals surface area contributed by atoms with Crippen LogP contribution in [0, 0.1) is 0 Å². The minimum Gasteiger partial charge on any atom is -0.254 e. The van der Waals surface area contributed by atoms with E-state index in [1.165, 1.54) is 29.4 Å². The van der Waals surface area contributed by atoms with Gasteiger partial charge in [-0.1, -0.05) is 23.1 Å². The third-order valence-electron chi connectivity index (χ3n) is 1.17. The molecule has 0 bridgehead atoms.